The Bertz CT molecular complexity index is 255. The molecule has 10 heavy (non-hydrogen) atoms. The van der Waals surface area contributed by atoms with Crippen molar-refractivity contribution in [3.05, 3.63) is 17.4 Å². The Balaban J connectivity index is 1.96. The van der Waals surface area contributed by atoms with Crippen LogP contribution in [0, 0.1) is 17.3 Å². The maximum Gasteiger partial charge on any atom is 0.0109 e. The molecule has 0 saturated heterocycles. The van der Waals surface area contributed by atoms with E-state index < -0.39 is 0 Å². The van der Waals surface area contributed by atoms with Crippen molar-refractivity contribution in [3.8, 4) is 0 Å². The third kappa shape index (κ3) is 0.322. The van der Waals surface area contributed by atoms with Gasteiger partial charge in [0.1, 0.15) is 0 Å². The first kappa shape index (κ1) is 5.21. The van der Waals surface area contributed by atoms with E-state index in [2.05, 4.69) is 18.7 Å². The summed E-state index contributed by atoms with van der Waals surface area (Å²) in [5, 5.41) is 0. The van der Waals surface area contributed by atoms with Crippen molar-refractivity contribution in [3.63, 3.8) is 0 Å². The number of rotatable bonds is 1. The van der Waals surface area contributed by atoms with Gasteiger partial charge in [-0.3, -0.25) is 0 Å². The summed E-state index contributed by atoms with van der Waals surface area (Å²) < 4.78 is 0. The van der Waals surface area contributed by atoms with E-state index in [0.717, 1.165) is 17.3 Å². The average Bonchev–Trinajstić information content (AvgIpc) is 2.25. The van der Waals surface area contributed by atoms with E-state index in [1.165, 1.54) is 19.3 Å². The predicted octanol–water partition coefficient (Wildman–Crippen LogP) is 2.52. The SMILES string of the molecule is CCC1CC23CC=C=C2C13. The molecule has 3 unspecified atom stereocenters. The minimum atomic E-state index is 0.723. The Hall–Kier alpha value is -0.480. The molecule has 0 heterocycles. The largest absolute Gasteiger partial charge is 0.125 e. The highest BCUT2D eigenvalue weighted by Gasteiger charge is 2.71. The van der Waals surface area contributed by atoms with E-state index >= 15 is 0 Å². The Morgan fingerprint density at radius 2 is 2.70 bits per heavy atom. The fraction of sp³-hybridized carbons (Fsp3) is 0.700. The minimum absolute atomic E-state index is 0.723. The van der Waals surface area contributed by atoms with Gasteiger partial charge in [0.15, 0.2) is 0 Å². The average molecular weight is 132 g/mol. The molecular formula is C10H12. The van der Waals surface area contributed by atoms with Crippen molar-refractivity contribution in [2.45, 2.75) is 26.2 Å². The molecule has 0 radical (unpaired) electrons. The summed E-state index contributed by atoms with van der Waals surface area (Å²) in [4.78, 5) is 0. The van der Waals surface area contributed by atoms with Crippen molar-refractivity contribution in [2.24, 2.45) is 17.3 Å². The van der Waals surface area contributed by atoms with Crippen LogP contribution in [0.5, 0.6) is 0 Å². The maximum absolute atomic E-state index is 3.40. The van der Waals surface area contributed by atoms with E-state index in [0.29, 0.717) is 0 Å². The van der Waals surface area contributed by atoms with Gasteiger partial charge in [-0.05, 0) is 30.4 Å². The Morgan fingerprint density at radius 3 is 3.40 bits per heavy atom. The fourth-order valence-corrected chi connectivity index (χ4v) is 3.07. The molecular weight excluding hydrogens is 120 g/mol. The first-order chi connectivity index (χ1) is 4.88. The van der Waals surface area contributed by atoms with Gasteiger partial charge >= 0.3 is 0 Å². The molecule has 3 aliphatic rings. The number of hydrogen-bond donors (Lipinski definition) is 0. The Labute approximate surface area is 61.6 Å². The highest BCUT2D eigenvalue weighted by Crippen LogP contribution is 2.78. The lowest BCUT2D eigenvalue weighted by molar-refractivity contribution is 0.176. The molecule has 0 aliphatic heterocycles. The van der Waals surface area contributed by atoms with Crippen LogP contribution in [0.1, 0.15) is 26.2 Å². The quantitative estimate of drug-likeness (QED) is 0.481. The molecule has 3 atom stereocenters. The van der Waals surface area contributed by atoms with Crippen LogP contribution in [0.2, 0.25) is 0 Å². The van der Waals surface area contributed by atoms with E-state index in [1.807, 2.05) is 0 Å². The predicted molar refractivity (Wildman–Crippen MR) is 40.5 cm³/mol. The molecule has 52 valence electrons. The van der Waals surface area contributed by atoms with Crippen LogP contribution in [0.25, 0.3) is 0 Å². The second-order valence-corrected chi connectivity index (χ2v) is 3.97. The molecule has 0 aromatic heterocycles. The van der Waals surface area contributed by atoms with Crippen LogP contribution >= 0.6 is 0 Å². The van der Waals surface area contributed by atoms with Crippen LogP contribution in [0.15, 0.2) is 17.4 Å². The van der Waals surface area contributed by atoms with Crippen molar-refractivity contribution < 1.29 is 0 Å². The van der Waals surface area contributed by atoms with Crippen LogP contribution in [0.4, 0.5) is 0 Å². The summed E-state index contributed by atoms with van der Waals surface area (Å²) >= 11 is 0. The van der Waals surface area contributed by atoms with E-state index in [1.54, 1.807) is 5.57 Å². The summed E-state index contributed by atoms with van der Waals surface area (Å²) in [6, 6.07) is 0. The zero-order valence-corrected chi connectivity index (χ0v) is 6.35. The van der Waals surface area contributed by atoms with E-state index in [-0.39, 0.29) is 0 Å². The lowest BCUT2D eigenvalue weighted by Crippen LogP contribution is -2.24. The lowest BCUT2D eigenvalue weighted by atomic mass is 9.72. The molecule has 0 heteroatoms. The summed E-state index contributed by atoms with van der Waals surface area (Å²) in [7, 11) is 0. The highest BCUT2D eigenvalue weighted by atomic mass is 14.7. The molecule has 3 aliphatic carbocycles. The number of fused-ring (bicyclic) bond motifs is 1. The highest BCUT2D eigenvalue weighted by molar-refractivity contribution is 5.49. The van der Waals surface area contributed by atoms with E-state index in [9.17, 15) is 0 Å². The van der Waals surface area contributed by atoms with Gasteiger partial charge in [0.2, 0.25) is 0 Å². The summed E-state index contributed by atoms with van der Waals surface area (Å²) in [6.07, 6.45) is 6.42. The molecule has 3 rings (SSSR count). The van der Waals surface area contributed by atoms with Gasteiger partial charge < -0.3 is 0 Å². The normalized spacial score (nSPS) is 53.1. The monoisotopic (exact) mass is 132 g/mol. The standard InChI is InChI=1S/C10H12/c1-2-7-6-10-5-3-4-8(10)9(7)10/h3,7,9H,2,5-6H2,1H3. The van der Waals surface area contributed by atoms with Gasteiger partial charge in [-0.1, -0.05) is 13.3 Å². The van der Waals surface area contributed by atoms with Gasteiger partial charge in [0.05, 0.1) is 0 Å². The summed E-state index contributed by atoms with van der Waals surface area (Å²) in [5.74, 6) is 2.04. The van der Waals surface area contributed by atoms with Crippen molar-refractivity contribution >= 4 is 0 Å². The summed E-state index contributed by atoms with van der Waals surface area (Å²) in [5.41, 5.74) is 5.81. The lowest BCUT2D eigenvalue weighted by Gasteiger charge is -2.31. The molecule has 0 aromatic rings. The van der Waals surface area contributed by atoms with Gasteiger partial charge in [-0.25, -0.2) is 0 Å². The first-order valence-corrected chi connectivity index (χ1v) is 4.34. The number of hydrogen-bond acceptors (Lipinski definition) is 0. The topological polar surface area (TPSA) is 0 Å². The van der Waals surface area contributed by atoms with Gasteiger partial charge in [0.25, 0.3) is 0 Å². The molecule has 2 fully saturated rings. The van der Waals surface area contributed by atoms with Gasteiger partial charge in [-0.15, -0.1) is 5.73 Å². The zero-order valence-electron chi connectivity index (χ0n) is 6.35. The molecule has 0 N–H and O–H groups in total. The van der Waals surface area contributed by atoms with Gasteiger partial charge in [0, 0.05) is 11.3 Å². The fourth-order valence-electron chi connectivity index (χ4n) is 3.07. The second kappa shape index (κ2) is 1.26. The Kier molecular flexibility index (Phi) is 0.658. The second-order valence-electron chi connectivity index (χ2n) is 3.97. The van der Waals surface area contributed by atoms with Crippen LogP contribution < -0.4 is 0 Å². The van der Waals surface area contributed by atoms with Crippen LogP contribution in [0.3, 0.4) is 0 Å². The van der Waals surface area contributed by atoms with Crippen molar-refractivity contribution in [1.82, 2.24) is 0 Å². The smallest absolute Gasteiger partial charge is 0.0109 e. The number of allylic oxidation sites excluding steroid dienone is 1. The third-order valence-electron chi connectivity index (χ3n) is 3.71. The minimum Gasteiger partial charge on any atom is -0.125 e. The molecule has 0 aromatic carbocycles. The first-order valence-electron chi connectivity index (χ1n) is 4.34. The Morgan fingerprint density at radius 1 is 1.80 bits per heavy atom. The third-order valence-corrected chi connectivity index (χ3v) is 3.71. The molecule has 0 bridgehead atoms. The zero-order chi connectivity index (χ0) is 6.77. The molecule has 0 amide bonds. The van der Waals surface area contributed by atoms with Crippen molar-refractivity contribution in [2.75, 3.05) is 0 Å². The molecule has 0 nitrogen and oxygen atoms in total. The molecule has 1 spiro atoms. The molecule has 2 saturated carbocycles. The van der Waals surface area contributed by atoms with Crippen LogP contribution in [-0.4, -0.2) is 0 Å². The van der Waals surface area contributed by atoms with E-state index in [4.69, 9.17) is 0 Å². The maximum atomic E-state index is 3.40. The van der Waals surface area contributed by atoms with Crippen molar-refractivity contribution in [1.29, 1.82) is 0 Å². The van der Waals surface area contributed by atoms with Gasteiger partial charge in [-0.2, -0.15) is 0 Å². The van der Waals surface area contributed by atoms with Crippen LogP contribution in [-0.2, 0) is 0 Å². The summed E-state index contributed by atoms with van der Waals surface area (Å²) in [6.45, 7) is 2.32.